The summed E-state index contributed by atoms with van der Waals surface area (Å²) in [6, 6.07) is 14.1. The van der Waals surface area contributed by atoms with Crippen molar-refractivity contribution in [1.82, 2.24) is 19.1 Å². The van der Waals surface area contributed by atoms with Crippen LogP contribution in [0.5, 0.6) is 0 Å². The number of hydrogen-bond acceptors (Lipinski definition) is 4. The fraction of sp³-hybridized carbons (Fsp3) is 0.174. The third-order valence-corrected chi connectivity index (χ3v) is 5.42. The average Bonchev–Trinajstić information content (AvgIpc) is 3.48. The van der Waals surface area contributed by atoms with Crippen molar-refractivity contribution in [3.63, 3.8) is 0 Å². The van der Waals surface area contributed by atoms with E-state index in [1.807, 2.05) is 83.3 Å². The molecule has 3 aromatic heterocycles. The van der Waals surface area contributed by atoms with Crippen LogP contribution in [0.15, 0.2) is 66.6 Å². The predicted octanol–water partition coefficient (Wildman–Crippen LogP) is 5.19. The van der Waals surface area contributed by atoms with Gasteiger partial charge in [0.25, 0.3) is 5.91 Å². The molecule has 7 heteroatoms. The number of benzene rings is 1. The molecule has 0 atom stereocenters. The SMILES string of the molecule is CC(C)n1cnc(/C=C/c2csc(NC(=O)c3cccn3Cc3ccccc3)n2)c1. The third kappa shape index (κ3) is 4.75. The summed E-state index contributed by atoms with van der Waals surface area (Å²) in [6.45, 7) is 4.87. The first-order chi connectivity index (χ1) is 14.6. The van der Waals surface area contributed by atoms with Crippen LogP contribution in [0.25, 0.3) is 12.2 Å². The number of thiazole rings is 1. The number of nitrogens with one attached hydrogen (secondary N) is 1. The second-order valence-corrected chi connectivity index (χ2v) is 8.07. The zero-order valence-corrected chi connectivity index (χ0v) is 17.7. The van der Waals surface area contributed by atoms with Crippen LogP contribution < -0.4 is 5.32 Å². The van der Waals surface area contributed by atoms with E-state index in [-0.39, 0.29) is 5.91 Å². The molecule has 0 radical (unpaired) electrons. The standard InChI is InChI=1S/C23H23N5OS/c1-17(2)28-14-19(24-16-28)10-11-20-15-30-23(25-20)26-22(29)21-9-6-12-27(21)13-18-7-4-3-5-8-18/h3-12,14-17H,13H2,1-2H3,(H,25,26,29)/b11-10+. The summed E-state index contributed by atoms with van der Waals surface area (Å²) in [6.07, 6.45) is 9.55. The number of imidazole rings is 1. The van der Waals surface area contributed by atoms with E-state index in [4.69, 9.17) is 0 Å². The lowest BCUT2D eigenvalue weighted by Gasteiger charge is -2.08. The summed E-state index contributed by atoms with van der Waals surface area (Å²) in [5.74, 6) is -0.170. The van der Waals surface area contributed by atoms with Crippen LogP contribution in [-0.2, 0) is 6.54 Å². The Balaban J connectivity index is 1.41. The first-order valence-corrected chi connectivity index (χ1v) is 10.6. The topological polar surface area (TPSA) is 64.7 Å². The van der Waals surface area contributed by atoms with Gasteiger partial charge in [-0.1, -0.05) is 30.3 Å². The van der Waals surface area contributed by atoms with Crippen molar-refractivity contribution in [2.24, 2.45) is 0 Å². The van der Waals surface area contributed by atoms with Gasteiger partial charge < -0.3 is 9.13 Å². The summed E-state index contributed by atoms with van der Waals surface area (Å²) in [5, 5.41) is 5.38. The Hall–Kier alpha value is -3.45. The molecule has 0 fully saturated rings. The fourth-order valence-electron chi connectivity index (χ4n) is 3.01. The van der Waals surface area contributed by atoms with Gasteiger partial charge in [-0.05, 0) is 43.7 Å². The number of aromatic nitrogens is 4. The van der Waals surface area contributed by atoms with Gasteiger partial charge in [0, 0.05) is 30.4 Å². The molecule has 0 aliphatic rings. The van der Waals surface area contributed by atoms with E-state index in [0.717, 1.165) is 17.0 Å². The first kappa shape index (κ1) is 19.8. The largest absolute Gasteiger partial charge is 0.339 e. The van der Waals surface area contributed by atoms with Crippen molar-refractivity contribution in [1.29, 1.82) is 0 Å². The van der Waals surface area contributed by atoms with Gasteiger partial charge in [-0.15, -0.1) is 11.3 Å². The highest BCUT2D eigenvalue weighted by Crippen LogP contribution is 2.19. The number of carbonyl (C=O) groups is 1. The lowest BCUT2D eigenvalue weighted by Crippen LogP contribution is -2.17. The number of anilines is 1. The molecule has 0 aliphatic heterocycles. The Bertz CT molecular complexity index is 1150. The highest BCUT2D eigenvalue weighted by atomic mass is 32.1. The molecule has 0 unspecified atom stereocenters. The van der Waals surface area contributed by atoms with Gasteiger partial charge >= 0.3 is 0 Å². The average molecular weight is 418 g/mol. The molecule has 0 saturated heterocycles. The van der Waals surface area contributed by atoms with Crippen molar-refractivity contribution in [3.05, 3.63) is 89.2 Å². The Morgan fingerprint density at radius 3 is 2.70 bits per heavy atom. The summed E-state index contributed by atoms with van der Waals surface area (Å²) in [7, 11) is 0. The molecule has 0 saturated carbocycles. The van der Waals surface area contributed by atoms with Gasteiger partial charge in [0.05, 0.1) is 17.7 Å². The number of amides is 1. The van der Waals surface area contributed by atoms with Gasteiger partial charge in [0.15, 0.2) is 5.13 Å². The Labute approximate surface area is 179 Å². The van der Waals surface area contributed by atoms with Crippen molar-refractivity contribution in [3.8, 4) is 0 Å². The monoisotopic (exact) mass is 417 g/mol. The number of nitrogens with zero attached hydrogens (tertiary/aromatic N) is 4. The van der Waals surface area contributed by atoms with E-state index in [9.17, 15) is 4.79 Å². The van der Waals surface area contributed by atoms with Gasteiger partial charge in [-0.25, -0.2) is 9.97 Å². The lowest BCUT2D eigenvalue weighted by molar-refractivity contribution is 0.101. The normalized spacial score (nSPS) is 11.4. The van der Waals surface area contributed by atoms with Gasteiger partial charge in [0.2, 0.25) is 0 Å². The van der Waals surface area contributed by atoms with Crippen LogP contribution in [0.3, 0.4) is 0 Å². The molecule has 6 nitrogen and oxygen atoms in total. The second kappa shape index (κ2) is 8.92. The van der Waals surface area contributed by atoms with Crippen molar-refractivity contribution in [2.45, 2.75) is 26.4 Å². The summed E-state index contributed by atoms with van der Waals surface area (Å²) in [4.78, 5) is 21.6. The molecular weight excluding hydrogens is 394 g/mol. The molecule has 0 bridgehead atoms. The minimum atomic E-state index is -0.170. The Morgan fingerprint density at radius 1 is 1.13 bits per heavy atom. The van der Waals surface area contributed by atoms with E-state index in [1.165, 1.54) is 11.3 Å². The Morgan fingerprint density at radius 2 is 1.93 bits per heavy atom. The highest BCUT2D eigenvalue weighted by molar-refractivity contribution is 7.14. The summed E-state index contributed by atoms with van der Waals surface area (Å²) >= 11 is 1.40. The maximum atomic E-state index is 12.7. The van der Waals surface area contributed by atoms with Crippen LogP contribution >= 0.6 is 11.3 Å². The van der Waals surface area contributed by atoms with Gasteiger partial charge in [0.1, 0.15) is 5.69 Å². The maximum absolute atomic E-state index is 12.7. The molecule has 4 rings (SSSR count). The van der Waals surface area contributed by atoms with Gasteiger partial charge in [-0.3, -0.25) is 10.1 Å². The molecule has 30 heavy (non-hydrogen) atoms. The molecule has 4 aromatic rings. The summed E-state index contributed by atoms with van der Waals surface area (Å²) in [5.41, 5.74) is 3.41. The minimum absolute atomic E-state index is 0.170. The van der Waals surface area contributed by atoms with E-state index in [0.29, 0.717) is 23.4 Å². The zero-order valence-electron chi connectivity index (χ0n) is 16.9. The quantitative estimate of drug-likeness (QED) is 0.450. The van der Waals surface area contributed by atoms with Crippen LogP contribution in [-0.4, -0.2) is 25.0 Å². The molecule has 0 spiro atoms. The number of carbonyl (C=O) groups excluding carboxylic acids is 1. The van der Waals surface area contributed by atoms with Crippen molar-refractivity contribution >= 4 is 34.5 Å². The summed E-state index contributed by atoms with van der Waals surface area (Å²) < 4.78 is 3.99. The van der Waals surface area contributed by atoms with Crippen LogP contribution in [0.4, 0.5) is 5.13 Å². The number of rotatable bonds is 7. The minimum Gasteiger partial charge on any atom is -0.339 e. The van der Waals surface area contributed by atoms with E-state index >= 15 is 0 Å². The number of hydrogen-bond donors (Lipinski definition) is 1. The van der Waals surface area contributed by atoms with Crippen LogP contribution in [0.2, 0.25) is 0 Å². The van der Waals surface area contributed by atoms with Gasteiger partial charge in [-0.2, -0.15) is 0 Å². The lowest BCUT2D eigenvalue weighted by atomic mass is 10.2. The molecule has 1 aromatic carbocycles. The Kier molecular flexibility index (Phi) is 5.90. The van der Waals surface area contributed by atoms with E-state index in [1.54, 1.807) is 0 Å². The van der Waals surface area contributed by atoms with Crippen molar-refractivity contribution in [2.75, 3.05) is 5.32 Å². The second-order valence-electron chi connectivity index (χ2n) is 7.21. The maximum Gasteiger partial charge on any atom is 0.274 e. The molecule has 1 N–H and O–H groups in total. The predicted molar refractivity (Wildman–Crippen MR) is 122 cm³/mol. The molecule has 0 aliphatic carbocycles. The van der Waals surface area contributed by atoms with E-state index < -0.39 is 0 Å². The van der Waals surface area contributed by atoms with Crippen LogP contribution in [0.1, 0.15) is 47.3 Å². The molecule has 3 heterocycles. The zero-order chi connectivity index (χ0) is 20.9. The van der Waals surface area contributed by atoms with Crippen LogP contribution in [0, 0.1) is 0 Å². The molecule has 1 amide bonds. The smallest absolute Gasteiger partial charge is 0.274 e. The molecule has 152 valence electrons. The van der Waals surface area contributed by atoms with E-state index in [2.05, 4.69) is 33.7 Å². The third-order valence-electron chi connectivity index (χ3n) is 4.64. The highest BCUT2D eigenvalue weighted by Gasteiger charge is 2.13. The first-order valence-electron chi connectivity index (χ1n) is 9.76. The van der Waals surface area contributed by atoms with Crippen molar-refractivity contribution < 1.29 is 4.79 Å². The molecular formula is C23H23N5OS. The fourth-order valence-corrected chi connectivity index (χ4v) is 3.68.